The monoisotopic (exact) mass is 511 g/mol. The zero-order valence-corrected chi connectivity index (χ0v) is 20.3. The van der Waals surface area contributed by atoms with Gasteiger partial charge in [0.05, 0.1) is 7.11 Å². The Hall–Kier alpha value is -4.08. The van der Waals surface area contributed by atoms with Gasteiger partial charge in [-0.3, -0.25) is 28.5 Å². The van der Waals surface area contributed by atoms with Gasteiger partial charge < -0.3 is 28.4 Å². The lowest BCUT2D eigenvalue weighted by Crippen LogP contribution is -2.60. The van der Waals surface area contributed by atoms with Crippen molar-refractivity contribution in [2.45, 2.75) is 58.3 Å². The number of hydrogen-bond acceptors (Lipinski definition) is 14. The van der Waals surface area contributed by atoms with Crippen molar-refractivity contribution in [3.05, 3.63) is 10.4 Å². The predicted molar refractivity (Wildman–Crippen MR) is 114 cm³/mol. The molecule has 0 amide bonds. The van der Waals surface area contributed by atoms with E-state index in [0.717, 1.165) is 36.9 Å². The molecule has 16 heteroatoms. The lowest BCUT2D eigenvalue weighted by atomic mass is 9.97. The maximum absolute atomic E-state index is 12.7. The van der Waals surface area contributed by atoms with Crippen molar-refractivity contribution in [1.82, 2.24) is 24.5 Å². The van der Waals surface area contributed by atoms with Crippen LogP contribution in [0.4, 0.5) is 0 Å². The maximum Gasteiger partial charge on any atom is 0.303 e. The zero-order valence-electron chi connectivity index (χ0n) is 20.3. The molecule has 0 unspecified atom stereocenters. The summed E-state index contributed by atoms with van der Waals surface area (Å²) in [6.45, 7) is 4.03. The number of methoxy groups -OCH3 is 1. The molecule has 2 aromatic heterocycles. The molecule has 0 N–H and O–H groups in total. The van der Waals surface area contributed by atoms with Crippen molar-refractivity contribution >= 4 is 35.0 Å². The molecule has 16 nitrogen and oxygen atoms in total. The van der Waals surface area contributed by atoms with Gasteiger partial charge in [-0.2, -0.15) is 9.67 Å². The molecule has 3 rings (SSSR count). The topological polar surface area (TPSA) is 189 Å². The lowest BCUT2D eigenvalue weighted by molar-refractivity contribution is -0.269. The summed E-state index contributed by atoms with van der Waals surface area (Å²) in [4.78, 5) is 64.3. The van der Waals surface area contributed by atoms with Crippen LogP contribution in [0.1, 0.15) is 33.9 Å². The molecule has 196 valence electrons. The molecule has 36 heavy (non-hydrogen) atoms. The van der Waals surface area contributed by atoms with Crippen LogP contribution in [-0.2, 0) is 49.9 Å². The third-order valence-electron chi connectivity index (χ3n) is 5.06. The third-order valence-corrected chi connectivity index (χ3v) is 5.06. The Bertz CT molecular complexity index is 1240. The largest absolute Gasteiger partial charge is 0.468 e. The lowest BCUT2D eigenvalue weighted by Gasteiger charge is -2.44. The number of hydrogen-bond donors (Lipinski definition) is 0. The fourth-order valence-electron chi connectivity index (χ4n) is 3.70. The first-order chi connectivity index (χ1) is 16.9. The molecule has 1 fully saturated rings. The number of rotatable bonds is 7. The molecular formula is C20H25N5O11. The molecule has 0 aliphatic carbocycles. The van der Waals surface area contributed by atoms with Gasteiger partial charge in [-0.25, -0.2) is 0 Å². The highest BCUT2D eigenvalue weighted by atomic mass is 16.7. The Morgan fingerprint density at radius 3 is 2.06 bits per heavy atom. The zero-order chi connectivity index (χ0) is 26.7. The van der Waals surface area contributed by atoms with Crippen molar-refractivity contribution in [2.75, 3.05) is 13.7 Å². The number of carbonyl (C=O) groups excluding carboxylic acids is 4. The van der Waals surface area contributed by atoms with Crippen molar-refractivity contribution in [3.8, 4) is 6.01 Å². The molecule has 1 aliphatic heterocycles. The van der Waals surface area contributed by atoms with Gasteiger partial charge in [0, 0.05) is 34.7 Å². The number of carbonyl (C=O) groups is 4. The quantitative estimate of drug-likeness (QED) is 0.318. The van der Waals surface area contributed by atoms with Crippen LogP contribution in [0.2, 0.25) is 0 Å². The highest BCUT2D eigenvalue weighted by Gasteiger charge is 2.53. The Morgan fingerprint density at radius 2 is 1.50 bits per heavy atom. The molecular weight excluding hydrogens is 486 g/mol. The summed E-state index contributed by atoms with van der Waals surface area (Å²) in [7, 11) is 2.72. The second kappa shape index (κ2) is 10.7. The van der Waals surface area contributed by atoms with E-state index in [1.54, 1.807) is 0 Å². The standard InChI is InChI=1S/C20H25N5O11/c1-8(26)32-7-12-14(33-9(2)27)15(34-10(3)28)16(35-11(4)29)19(36-12)25-17-13(22-23-25)18(30)24(5)20(21-17)31-6/h12,14-16,19H,7H2,1-6H3/t12-,14-,15+,16-,19-/m1/s1. The highest BCUT2D eigenvalue weighted by molar-refractivity contribution is 5.70. The highest BCUT2D eigenvalue weighted by Crippen LogP contribution is 2.35. The van der Waals surface area contributed by atoms with Gasteiger partial charge in [-0.15, -0.1) is 5.10 Å². The van der Waals surface area contributed by atoms with Crippen molar-refractivity contribution < 1.29 is 47.6 Å². The average Bonchev–Trinajstić information content (AvgIpc) is 3.20. The van der Waals surface area contributed by atoms with Crippen LogP contribution < -0.4 is 10.3 Å². The predicted octanol–water partition coefficient (Wildman–Crippen LogP) is -1.21. The van der Waals surface area contributed by atoms with Gasteiger partial charge in [0.25, 0.3) is 5.56 Å². The molecule has 0 aromatic carbocycles. The van der Waals surface area contributed by atoms with Gasteiger partial charge in [-0.05, 0) is 0 Å². The van der Waals surface area contributed by atoms with E-state index in [-0.39, 0.29) is 17.2 Å². The summed E-state index contributed by atoms with van der Waals surface area (Å²) in [6.07, 6.45) is -6.86. The molecule has 1 saturated heterocycles. The van der Waals surface area contributed by atoms with Gasteiger partial charge in [-0.1, -0.05) is 5.21 Å². The fourth-order valence-corrected chi connectivity index (χ4v) is 3.70. The van der Waals surface area contributed by atoms with Crippen LogP contribution in [0.5, 0.6) is 6.01 Å². The normalized spacial score (nSPS) is 23.6. The first-order valence-corrected chi connectivity index (χ1v) is 10.6. The van der Waals surface area contributed by atoms with Gasteiger partial charge in [0.1, 0.15) is 12.7 Å². The minimum absolute atomic E-state index is 0.0818. The Morgan fingerprint density at radius 1 is 0.917 bits per heavy atom. The number of aromatic nitrogens is 5. The second-order valence-corrected chi connectivity index (χ2v) is 7.76. The van der Waals surface area contributed by atoms with E-state index in [9.17, 15) is 24.0 Å². The molecule has 5 atom stereocenters. The van der Waals surface area contributed by atoms with E-state index in [0.29, 0.717) is 0 Å². The Balaban J connectivity index is 2.20. The Kier molecular flexibility index (Phi) is 7.87. The summed E-state index contributed by atoms with van der Waals surface area (Å²) < 4.78 is 34.5. The van der Waals surface area contributed by atoms with E-state index in [4.69, 9.17) is 28.4 Å². The van der Waals surface area contributed by atoms with E-state index < -0.39 is 66.7 Å². The van der Waals surface area contributed by atoms with Gasteiger partial charge in [0.15, 0.2) is 35.7 Å². The van der Waals surface area contributed by atoms with Crippen LogP contribution in [0, 0.1) is 0 Å². The van der Waals surface area contributed by atoms with Crippen LogP contribution in [0.3, 0.4) is 0 Å². The number of ether oxygens (including phenoxy) is 6. The second-order valence-electron chi connectivity index (χ2n) is 7.76. The SMILES string of the molecule is COc1nc2c(nnn2[C@@H]2O[C@H](COC(C)=O)[C@@H](OC(C)=O)[C@H](OC(C)=O)[C@H]2OC(C)=O)c(=O)n1C. The molecule has 0 saturated carbocycles. The summed E-state index contributed by atoms with van der Waals surface area (Å²) in [5, 5.41) is 7.80. The molecule has 0 spiro atoms. The molecule has 3 heterocycles. The van der Waals surface area contributed by atoms with Crippen molar-refractivity contribution in [1.29, 1.82) is 0 Å². The van der Waals surface area contributed by atoms with E-state index in [1.165, 1.54) is 14.2 Å². The minimum Gasteiger partial charge on any atom is -0.468 e. The Labute approximate surface area is 203 Å². The van der Waals surface area contributed by atoms with Crippen LogP contribution in [0.15, 0.2) is 4.79 Å². The fraction of sp³-hybridized carbons (Fsp3) is 0.600. The first-order valence-electron chi connectivity index (χ1n) is 10.6. The summed E-state index contributed by atoms with van der Waals surface area (Å²) in [5.41, 5.74) is -0.851. The molecule has 0 bridgehead atoms. The van der Waals surface area contributed by atoms with E-state index in [2.05, 4.69) is 15.3 Å². The van der Waals surface area contributed by atoms with Crippen LogP contribution >= 0.6 is 0 Å². The molecule has 2 aromatic rings. The maximum atomic E-state index is 12.7. The van der Waals surface area contributed by atoms with E-state index >= 15 is 0 Å². The third kappa shape index (κ3) is 5.42. The smallest absolute Gasteiger partial charge is 0.303 e. The summed E-state index contributed by atoms with van der Waals surface area (Å²) >= 11 is 0. The number of esters is 4. The molecule has 1 aliphatic rings. The van der Waals surface area contributed by atoms with Gasteiger partial charge >= 0.3 is 29.9 Å². The molecule has 0 radical (unpaired) electrons. The number of nitrogens with zero attached hydrogens (tertiary/aromatic N) is 5. The average molecular weight is 511 g/mol. The van der Waals surface area contributed by atoms with Gasteiger partial charge in [0.2, 0.25) is 0 Å². The van der Waals surface area contributed by atoms with Crippen molar-refractivity contribution in [2.24, 2.45) is 7.05 Å². The summed E-state index contributed by atoms with van der Waals surface area (Å²) in [5.74, 6) is -3.02. The van der Waals surface area contributed by atoms with Crippen LogP contribution in [-0.4, -0.2) is 86.6 Å². The first kappa shape index (κ1) is 26.5. The summed E-state index contributed by atoms with van der Waals surface area (Å²) in [6, 6.07) is -0.0818. The minimum atomic E-state index is -1.45. The van der Waals surface area contributed by atoms with E-state index in [1.807, 2.05) is 0 Å². The van der Waals surface area contributed by atoms with Crippen molar-refractivity contribution in [3.63, 3.8) is 0 Å². The van der Waals surface area contributed by atoms with Crippen LogP contribution in [0.25, 0.3) is 11.2 Å². The number of fused-ring (bicyclic) bond motifs is 1.